The normalized spacial score (nSPS) is 21.3. The summed E-state index contributed by atoms with van der Waals surface area (Å²) in [5.41, 5.74) is 1.51. The Balaban J connectivity index is 1.71. The summed E-state index contributed by atoms with van der Waals surface area (Å²) in [5, 5.41) is 3.89. The number of aryl methyl sites for hydroxylation is 2. The minimum Gasteiger partial charge on any atom is -0.361 e. The zero-order chi connectivity index (χ0) is 13.6. The van der Waals surface area contributed by atoms with E-state index < -0.39 is 0 Å². The Labute approximate surface area is 111 Å². The standard InChI is InChI=1S/C14H18N2O3/c1-9-11(10(2)19-15-9)4-7-16-12(17)8-14(13(16)18)5-3-6-14/h3-8H2,1-2H3. The number of hydrogen-bond donors (Lipinski definition) is 0. The second-order valence-electron chi connectivity index (χ2n) is 5.71. The number of likely N-dealkylation sites (tertiary alicyclic amines) is 1. The maximum absolute atomic E-state index is 12.3. The van der Waals surface area contributed by atoms with Crippen molar-refractivity contribution in [3.8, 4) is 0 Å². The van der Waals surface area contributed by atoms with Gasteiger partial charge in [-0.05, 0) is 33.1 Å². The number of hydrogen-bond acceptors (Lipinski definition) is 4. The molecular weight excluding hydrogens is 244 g/mol. The lowest BCUT2D eigenvalue weighted by Gasteiger charge is -2.35. The molecule has 0 aromatic carbocycles. The van der Waals surface area contributed by atoms with Gasteiger partial charge in [0.25, 0.3) is 0 Å². The number of amides is 2. The van der Waals surface area contributed by atoms with Crippen molar-refractivity contribution in [1.29, 1.82) is 0 Å². The zero-order valence-electron chi connectivity index (χ0n) is 11.4. The molecule has 2 aliphatic rings. The van der Waals surface area contributed by atoms with Gasteiger partial charge in [-0.25, -0.2) is 0 Å². The summed E-state index contributed by atoms with van der Waals surface area (Å²) in [6.45, 7) is 4.19. The first kappa shape index (κ1) is 12.4. The Kier molecular flexibility index (Phi) is 2.73. The van der Waals surface area contributed by atoms with Gasteiger partial charge in [0.15, 0.2) is 0 Å². The lowest BCUT2D eigenvalue weighted by molar-refractivity contribution is -0.143. The molecule has 0 bridgehead atoms. The number of carbonyl (C=O) groups is 2. The van der Waals surface area contributed by atoms with Crippen molar-refractivity contribution in [3.05, 3.63) is 17.0 Å². The number of aromatic nitrogens is 1. The van der Waals surface area contributed by atoms with Crippen molar-refractivity contribution in [3.63, 3.8) is 0 Å². The highest BCUT2D eigenvalue weighted by Crippen LogP contribution is 2.49. The van der Waals surface area contributed by atoms with Gasteiger partial charge < -0.3 is 4.52 Å². The van der Waals surface area contributed by atoms with Gasteiger partial charge in [-0.3, -0.25) is 14.5 Å². The molecule has 2 fully saturated rings. The first-order chi connectivity index (χ1) is 9.03. The molecule has 1 spiro atoms. The minimum absolute atomic E-state index is 0.0172. The quantitative estimate of drug-likeness (QED) is 0.779. The molecular formula is C14H18N2O3. The molecule has 0 radical (unpaired) electrons. The lowest BCUT2D eigenvalue weighted by atomic mass is 9.68. The van der Waals surface area contributed by atoms with Crippen LogP contribution in [0.15, 0.2) is 4.52 Å². The second kappa shape index (κ2) is 4.18. The van der Waals surface area contributed by atoms with Crippen LogP contribution in [0.4, 0.5) is 0 Å². The van der Waals surface area contributed by atoms with Crippen LogP contribution in [-0.2, 0) is 16.0 Å². The topological polar surface area (TPSA) is 63.4 Å². The van der Waals surface area contributed by atoms with Crippen LogP contribution in [0, 0.1) is 19.3 Å². The summed E-state index contributed by atoms with van der Waals surface area (Å²) in [6.07, 6.45) is 3.86. The molecule has 2 heterocycles. The largest absolute Gasteiger partial charge is 0.361 e. The average Bonchev–Trinajstić information content (AvgIpc) is 2.77. The third-order valence-corrected chi connectivity index (χ3v) is 4.57. The first-order valence-electron chi connectivity index (χ1n) is 6.80. The zero-order valence-corrected chi connectivity index (χ0v) is 11.4. The Morgan fingerprint density at radius 2 is 2.05 bits per heavy atom. The Morgan fingerprint density at radius 1 is 1.32 bits per heavy atom. The van der Waals surface area contributed by atoms with E-state index >= 15 is 0 Å². The molecule has 1 aliphatic heterocycles. The molecule has 0 N–H and O–H groups in total. The SMILES string of the molecule is Cc1noc(C)c1CCN1C(=O)CC2(CCC2)C1=O. The van der Waals surface area contributed by atoms with Gasteiger partial charge in [0.05, 0.1) is 11.1 Å². The molecule has 1 saturated heterocycles. The van der Waals surface area contributed by atoms with Gasteiger partial charge in [0, 0.05) is 18.5 Å². The summed E-state index contributed by atoms with van der Waals surface area (Å²) in [5.74, 6) is 0.793. The predicted octanol–water partition coefficient (Wildman–Crippen LogP) is 1.76. The molecule has 3 rings (SSSR count). The molecule has 102 valence electrons. The number of nitrogens with zero attached hydrogens (tertiary/aromatic N) is 2. The molecule has 0 atom stereocenters. The molecule has 1 aromatic heterocycles. The van der Waals surface area contributed by atoms with Crippen LogP contribution in [0.2, 0.25) is 0 Å². The van der Waals surface area contributed by atoms with Crippen LogP contribution in [0.5, 0.6) is 0 Å². The molecule has 2 amide bonds. The fraction of sp³-hybridized carbons (Fsp3) is 0.643. The van der Waals surface area contributed by atoms with E-state index in [9.17, 15) is 9.59 Å². The van der Waals surface area contributed by atoms with Crippen molar-refractivity contribution in [1.82, 2.24) is 10.1 Å². The van der Waals surface area contributed by atoms with E-state index in [1.807, 2.05) is 13.8 Å². The van der Waals surface area contributed by atoms with E-state index in [0.29, 0.717) is 19.4 Å². The van der Waals surface area contributed by atoms with Crippen molar-refractivity contribution < 1.29 is 14.1 Å². The molecule has 0 unspecified atom stereocenters. The first-order valence-corrected chi connectivity index (χ1v) is 6.80. The molecule has 19 heavy (non-hydrogen) atoms. The number of carbonyl (C=O) groups excluding carboxylic acids is 2. The van der Waals surface area contributed by atoms with E-state index in [-0.39, 0.29) is 17.2 Å². The maximum Gasteiger partial charge on any atom is 0.235 e. The fourth-order valence-corrected chi connectivity index (χ4v) is 3.16. The lowest BCUT2D eigenvalue weighted by Crippen LogP contribution is -2.40. The van der Waals surface area contributed by atoms with Gasteiger partial charge in [-0.1, -0.05) is 11.6 Å². The molecule has 5 nitrogen and oxygen atoms in total. The summed E-state index contributed by atoms with van der Waals surface area (Å²) < 4.78 is 5.10. The highest BCUT2D eigenvalue weighted by Gasteiger charge is 2.54. The van der Waals surface area contributed by atoms with Gasteiger partial charge in [0.1, 0.15) is 5.76 Å². The van der Waals surface area contributed by atoms with E-state index in [1.54, 1.807) is 0 Å². The highest BCUT2D eigenvalue weighted by atomic mass is 16.5. The van der Waals surface area contributed by atoms with E-state index in [0.717, 1.165) is 36.3 Å². The smallest absolute Gasteiger partial charge is 0.235 e. The van der Waals surface area contributed by atoms with Crippen molar-refractivity contribution in [2.24, 2.45) is 5.41 Å². The van der Waals surface area contributed by atoms with Gasteiger partial charge in [0.2, 0.25) is 11.8 Å². The molecule has 1 saturated carbocycles. The summed E-state index contributed by atoms with van der Waals surface area (Å²) >= 11 is 0. The Hall–Kier alpha value is -1.65. The van der Waals surface area contributed by atoms with E-state index in [1.165, 1.54) is 4.90 Å². The molecule has 1 aromatic rings. The summed E-state index contributed by atoms with van der Waals surface area (Å²) in [6, 6.07) is 0. The van der Waals surface area contributed by atoms with E-state index in [4.69, 9.17) is 4.52 Å². The molecule has 5 heteroatoms. The van der Waals surface area contributed by atoms with Gasteiger partial charge >= 0.3 is 0 Å². The van der Waals surface area contributed by atoms with Crippen LogP contribution >= 0.6 is 0 Å². The minimum atomic E-state index is -0.337. The summed E-state index contributed by atoms with van der Waals surface area (Å²) in [4.78, 5) is 25.7. The third-order valence-electron chi connectivity index (χ3n) is 4.57. The van der Waals surface area contributed by atoms with Crippen molar-refractivity contribution >= 4 is 11.8 Å². The van der Waals surface area contributed by atoms with Gasteiger partial charge in [-0.2, -0.15) is 0 Å². The van der Waals surface area contributed by atoms with Crippen LogP contribution in [0.25, 0.3) is 0 Å². The van der Waals surface area contributed by atoms with E-state index in [2.05, 4.69) is 5.16 Å². The summed E-state index contributed by atoms with van der Waals surface area (Å²) in [7, 11) is 0. The number of rotatable bonds is 3. The average molecular weight is 262 g/mol. The Morgan fingerprint density at radius 3 is 2.53 bits per heavy atom. The van der Waals surface area contributed by atoms with Gasteiger partial charge in [-0.15, -0.1) is 0 Å². The molecule has 1 aliphatic carbocycles. The van der Waals surface area contributed by atoms with Crippen LogP contribution < -0.4 is 0 Å². The maximum atomic E-state index is 12.3. The third kappa shape index (κ3) is 1.79. The predicted molar refractivity (Wildman–Crippen MR) is 67.3 cm³/mol. The van der Waals surface area contributed by atoms with Crippen molar-refractivity contribution in [2.45, 2.75) is 46.0 Å². The number of imide groups is 1. The van der Waals surface area contributed by atoms with Crippen LogP contribution in [0.1, 0.15) is 42.7 Å². The van der Waals surface area contributed by atoms with Crippen LogP contribution in [0.3, 0.4) is 0 Å². The second-order valence-corrected chi connectivity index (χ2v) is 5.71. The monoisotopic (exact) mass is 262 g/mol. The Bertz CT molecular complexity index is 523. The fourth-order valence-electron chi connectivity index (χ4n) is 3.16. The van der Waals surface area contributed by atoms with Crippen LogP contribution in [-0.4, -0.2) is 28.4 Å². The van der Waals surface area contributed by atoms with Crippen molar-refractivity contribution in [2.75, 3.05) is 6.54 Å². The highest BCUT2D eigenvalue weighted by molar-refractivity contribution is 6.06.